The van der Waals surface area contributed by atoms with E-state index in [0.717, 1.165) is 12.8 Å². The van der Waals surface area contributed by atoms with Crippen molar-refractivity contribution in [2.75, 3.05) is 6.61 Å². The number of esters is 1. The van der Waals surface area contributed by atoms with Crippen LogP contribution in [0.5, 0.6) is 0 Å². The van der Waals surface area contributed by atoms with E-state index in [4.69, 9.17) is 26.5 Å². The number of hydrogen-bond acceptors (Lipinski definition) is 4. The smallest absolute Gasteiger partial charge is 0.315 e. The minimum absolute atomic E-state index is 0.129. The quantitative estimate of drug-likeness (QED) is 0.643. The molecule has 0 aliphatic heterocycles. The fourth-order valence-electron chi connectivity index (χ4n) is 2.37. The van der Waals surface area contributed by atoms with Gasteiger partial charge in [0.05, 0.1) is 6.61 Å². The van der Waals surface area contributed by atoms with Crippen LogP contribution < -0.4 is 5.73 Å². The van der Waals surface area contributed by atoms with Crippen LogP contribution in [0.15, 0.2) is 22.6 Å². The largest absolute Gasteiger partial charge is 0.465 e. The van der Waals surface area contributed by atoms with Gasteiger partial charge in [0.25, 0.3) is 0 Å². The number of halogens is 2. The average Bonchev–Trinajstić information content (AvgIpc) is 2.79. The van der Waals surface area contributed by atoms with Crippen molar-refractivity contribution in [1.82, 2.24) is 0 Å². The Hall–Kier alpha value is -1.59. The Kier molecular flexibility index (Phi) is 5.42. The van der Waals surface area contributed by atoms with Crippen molar-refractivity contribution in [2.45, 2.75) is 38.6 Å². The van der Waals surface area contributed by atoms with Gasteiger partial charge in [0.1, 0.15) is 17.3 Å². The molecular formula is C16H19ClFNO3. The molecule has 0 bridgehead atoms. The van der Waals surface area contributed by atoms with Crippen LogP contribution in [0.3, 0.4) is 0 Å². The molecule has 1 aromatic carbocycles. The van der Waals surface area contributed by atoms with Crippen LogP contribution in [-0.2, 0) is 9.53 Å². The molecule has 0 aliphatic rings. The number of furan rings is 1. The van der Waals surface area contributed by atoms with Gasteiger partial charge in [-0.15, -0.1) is 0 Å². The van der Waals surface area contributed by atoms with E-state index in [1.807, 2.05) is 6.92 Å². The van der Waals surface area contributed by atoms with E-state index >= 15 is 0 Å². The lowest BCUT2D eigenvalue weighted by molar-refractivity contribution is -0.146. The summed E-state index contributed by atoms with van der Waals surface area (Å²) in [5.41, 5.74) is 6.65. The summed E-state index contributed by atoms with van der Waals surface area (Å²) in [7, 11) is 0. The van der Waals surface area contributed by atoms with Crippen LogP contribution in [0.4, 0.5) is 4.39 Å². The number of nitrogens with two attached hydrogens (primary N) is 1. The van der Waals surface area contributed by atoms with Crippen LogP contribution in [0.1, 0.15) is 38.2 Å². The fraction of sp³-hybridized carbons (Fsp3) is 0.438. The van der Waals surface area contributed by atoms with Gasteiger partial charge in [-0.3, -0.25) is 4.79 Å². The monoisotopic (exact) mass is 327 g/mol. The second-order valence-corrected chi connectivity index (χ2v) is 5.69. The molecule has 0 saturated carbocycles. The maximum Gasteiger partial charge on any atom is 0.315 e. The maximum atomic E-state index is 13.8. The summed E-state index contributed by atoms with van der Waals surface area (Å²) in [6.07, 6.45) is 1.68. The maximum absolute atomic E-state index is 13.8. The van der Waals surface area contributed by atoms with Crippen LogP contribution in [-0.4, -0.2) is 18.6 Å². The number of fused-ring (bicyclic) bond motifs is 1. The van der Waals surface area contributed by atoms with Gasteiger partial charge in [-0.2, -0.15) is 0 Å². The van der Waals surface area contributed by atoms with E-state index in [1.54, 1.807) is 6.92 Å². The molecule has 4 nitrogen and oxygen atoms in total. The molecule has 0 spiro atoms. The van der Waals surface area contributed by atoms with Crippen molar-refractivity contribution >= 4 is 28.5 Å². The van der Waals surface area contributed by atoms with Gasteiger partial charge in [-0.1, -0.05) is 13.3 Å². The second kappa shape index (κ2) is 7.11. The minimum Gasteiger partial charge on any atom is -0.465 e. The van der Waals surface area contributed by atoms with E-state index in [0.29, 0.717) is 23.1 Å². The van der Waals surface area contributed by atoms with Crippen molar-refractivity contribution in [1.29, 1.82) is 0 Å². The molecule has 1 heterocycles. The molecule has 120 valence electrons. The van der Waals surface area contributed by atoms with Gasteiger partial charge in [-0.05, 0) is 37.1 Å². The number of ether oxygens (including phenoxy) is 1. The number of carbonyl (C=O) groups is 1. The molecule has 6 heteroatoms. The average molecular weight is 328 g/mol. The SMILES string of the molecule is CCCCOC(=O)C(c1cc(F)cc2cc(Cl)oc12)C(C)N. The summed E-state index contributed by atoms with van der Waals surface area (Å²) in [5.74, 6) is -1.77. The van der Waals surface area contributed by atoms with Crippen molar-refractivity contribution < 1.29 is 18.3 Å². The normalized spacial score (nSPS) is 14.0. The van der Waals surface area contributed by atoms with Crippen LogP contribution in [0.2, 0.25) is 5.22 Å². The molecule has 0 aliphatic carbocycles. The third kappa shape index (κ3) is 3.59. The lowest BCUT2D eigenvalue weighted by atomic mass is 9.91. The molecule has 2 rings (SSSR count). The van der Waals surface area contributed by atoms with Crippen LogP contribution in [0.25, 0.3) is 11.0 Å². The highest BCUT2D eigenvalue weighted by Gasteiger charge is 2.30. The first-order chi connectivity index (χ1) is 10.4. The molecule has 2 aromatic rings. The van der Waals surface area contributed by atoms with Gasteiger partial charge >= 0.3 is 5.97 Å². The standard InChI is InChI=1S/C16H19ClFNO3/c1-3-4-5-21-16(20)14(9(2)19)12-8-11(18)6-10-7-13(17)22-15(10)12/h6-9,14H,3-5,19H2,1-2H3. The Morgan fingerprint density at radius 1 is 1.45 bits per heavy atom. The highest BCUT2D eigenvalue weighted by molar-refractivity contribution is 6.29. The molecular weight excluding hydrogens is 309 g/mol. The van der Waals surface area contributed by atoms with Gasteiger partial charge in [0.2, 0.25) is 0 Å². The molecule has 0 fully saturated rings. The Bertz CT molecular complexity index is 669. The van der Waals surface area contributed by atoms with Crippen molar-refractivity contribution in [3.8, 4) is 0 Å². The molecule has 0 saturated heterocycles. The Labute approximate surface area is 133 Å². The molecule has 22 heavy (non-hydrogen) atoms. The zero-order valence-electron chi connectivity index (χ0n) is 12.6. The molecule has 2 atom stereocenters. The lowest BCUT2D eigenvalue weighted by Gasteiger charge is -2.20. The predicted molar refractivity (Wildman–Crippen MR) is 83.4 cm³/mol. The van der Waals surface area contributed by atoms with E-state index in [2.05, 4.69) is 0 Å². The number of hydrogen-bond donors (Lipinski definition) is 1. The summed E-state index contributed by atoms with van der Waals surface area (Å²) in [6, 6.07) is 3.50. The van der Waals surface area contributed by atoms with Crippen molar-refractivity contribution in [2.24, 2.45) is 5.73 Å². The fourth-order valence-corrected chi connectivity index (χ4v) is 2.57. The third-order valence-electron chi connectivity index (χ3n) is 3.44. The zero-order chi connectivity index (χ0) is 16.3. The summed E-state index contributed by atoms with van der Waals surface area (Å²) in [6.45, 7) is 3.99. The molecule has 2 unspecified atom stereocenters. The third-order valence-corrected chi connectivity index (χ3v) is 3.62. The first-order valence-electron chi connectivity index (χ1n) is 7.24. The summed E-state index contributed by atoms with van der Waals surface area (Å²) in [5, 5.41) is 0.622. The number of carbonyl (C=O) groups excluding carboxylic acids is 1. The van der Waals surface area contributed by atoms with Crippen LogP contribution in [0, 0.1) is 5.82 Å². The van der Waals surface area contributed by atoms with Gasteiger partial charge < -0.3 is 14.9 Å². The first-order valence-corrected chi connectivity index (χ1v) is 7.62. The second-order valence-electron chi connectivity index (χ2n) is 5.32. The Morgan fingerprint density at radius 2 is 2.18 bits per heavy atom. The predicted octanol–water partition coefficient (Wildman–Crippen LogP) is 4.00. The minimum atomic E-state index is -0.808. The highest BCUT2D eigenvalue weighted by Crippen LogP contribution is 2.33. The Balaban J connectivity index is 2.42. The topological polar surface area (TPSA) is 65.5 Å². The van der Waals surface area contributed by atoms with Crippen molar-refractivity contribution in [3.05, 3.63) is 34.8 Å². The summed E-state index contributed by atoms with van der Waals surface area (Å²) >= 11 is 5.84. The van der Waals surface area contributed by atoms with Gasteiger partial charge in [0.15, 0.2) is 5.22 Å². The highest BCUT2D eigenvalue weighted by atomic mass is 35.5. The summed E-state index contributed by atoms with van der Waals surface area (Å²) < 4.78 is 24.5. The zero-order valence-corrected chi connectivity index (χ0v) is 13.3. The van der Waals surface area contributed by atoms with Gasteiger partial charge in [-0.25, -0.2) is 4.39 Å². The Morgan fingerprint density at radius 3 is 2.82 bits per heavy atom. The van der Waals surface area contributed by atoms with Gasteiger partial charge in [0, 0.05) is 23.1 Å². The van der Waals surface area contributed by atoms with Crippen molar-refractivity contribution in [3.63, 3.8) is 0 Å². The molecule has 0 amide bonds. The number of unbranched alkanes of at least 4 members (excludes halogenated alkanes) is 1. The summed E-state index contributed by atoms with van der Waals surface area (Å²) in [4.78, 5) is 12.3. The molecule has 0 radical (unpaired) electrons. The molecule has 2 N–H and O–H groups in total. The van der Waals surface area contributed by atoms with E-state index in [9.17, 15) is 9.18 Å². The molecule has 1 aromatic heterocycles. The van der Waals surface area contributed by atoms with E-state index in [1.165, 1.54) is 18.2 Å². The van der Waals surface area contributed by atoms with Crippen LogP contribution >= 0.6 is 11.6 Å². The number of rotatable bonds is 6. The lowest BCUT2D eigenvalue weighted by Crippen LogP contribution is -2.32. The van der Waals surface area contributed by atoms with E-state index in [-0.39, 0.29) is 5.22 Å². The number of benzene rings is 1. The van der Waals surface area contributed by atoms with E-state index < -0.39 is 23.7 Å². The first kappa shape index (κ1) is 16.8.